The lowest BCUT2D eigenvalue weighted by Crippen LogP contribution is -2.57. The van der Waals surface area contributed by atoms with Crippen LogP contribution in [0, 0.1) is 0 Å². The highest BCUT2D eigenvalue weighted by atomic mass is 16.5. The van der Waals surface area contributed by atoms with E-state index in [0.29, 0.717) is 28.4 Å². The summed E-state index contributed by atoms with van der Waals surface area (Å²) in [4.78, 5) is 44.4. The fourth-order valence-electron chi connectivity index (χ4n) is 3.68. The van der Waals surface area contributed by atoms with E-state index in [2.05, 4.69) is 0 Å². The van der Waals surface area contributed by atoms with Crippen molar-refractivity contribution in [2.75, 3.05) is 43.0 Å². The Morgan fingerprint density at radius 2 is 1.09 bits per heavy atom. The van der Waals surface area contributed by atoms with E-state index in [9.17, 15) is 14.4 Å². The minimum atomic E-state index is -0.768. The maximum Gasteiger partial charge on any atom is 0.343 e. The highest BCUT2D eigenvalue weighted by molar-refractivity contribution is 6.46. The molecule has 0 N–H and O–H groups in total. The van der Waals surface area contributed by atoms with Gasteiger partial charge in [0.25, 0.3) is 11.8 Å². The number of imide groups is 2. The first-order valence-electron chi connectivity index (χ1n) is 10.8. The molecule has 0 unspecified atom stereocenters. The van der Waals surface area contributed by atoms with E-state index in [1.165, 1.54) is 20.3 Å². The van der Waals surface area contributed by atoms with Gasteiger partial charge in [-0.15, -0.1) is 0 Å². The summed E-state index contributed by atoms with van der Waals surface area (Å²) in [6.45, 7) is 0. The van der Waals surface area contributed by atoms with Gasteiger partial charge in [-0.1, -0.05) is 12.1 Å². The van der Waals surface area contributed by atoms with Crippen molar-refractivity contribution in [3.05, 3.63) is 83.9 Å². The fraction of sp³-hybridized carbons (Fsp3) is 0.148. The molecule has 0 radical (unpaired) electrons. The van der Waals surface area contributed by atoms with Crippen LogP contribution in [0.3, 0.4) is 0 Å². The summed E-state index contributed by atoms with van der Waals surface area (Å²) >= 11 is 0. The molecule has 0 bridgehead atoms. The molecule has 8 heteroatoms. The van der Waals surface area contributed by atoms with Crippen molar-refractivity contribution in [1.82, 2.24) is 0 Å². The molecule has 0 aromatic heterocycles. The van der Waals surface area contributed by atoms with E-state index in [-0.39, 0.29) is 5.57 Å². The Labute approximate surface area is 203 Å². The lowest BCUT2D eigenvalue weighted by molar-refractivity contribution is -0.121. The van der Waals surface area contributed by atoms with Crippen molar-refractivity contribution in [3.63, 3.8) is 0 Å². The lowest BCUT2D eigenvalue weighted by atomic mass is 10.0. The third-order valence-corrected chi connectivity index (χ3v) is 5.63. The van der Waals surface area contributed by atoms with Crippen LogP contribution in [-0.2, 0) is 9.59 Å². The van der Waals surface area contributed by atoms with Gasteiger partial charge in [-0.3, -0.25) is 9.59 Å². The number of nitrogens with zero attached hydrogens (tertiary/aromatic N) is 3. The maximum absolute atomic E-state index is 13.5. The van der Waals surface area contributed by atoms with Crippen LogP contribution in [0.4, 0.5) is 21.9 Å². The number of ether oxygens (including phenoxy) is 2. The number of amides is 4. The van der Waals surface area contributed by atoms with Crippen LogP contribution in [0.5, 0.6) is 11.5 Å². The number of hydrogen-bond donors (Lipinski definition) is 0. The first kappa shape index (κ1) is 23.6. The van der Waals surface area contributed by atoms with Gasteiger partial charge in [0.2, 0.25) is 0 Å². The number of hydrogen-bond acceptors (Lipinski definition) is 6. The topological polar surface area (TPSA) is 79.4 Å². The van der Waals surface area contributed by atoms with E-state index in [4.69, 9.17) is 9.47 Å². The van der Waals surface area contributed by atoms with Crippen molar-refractivity contribution in [2.45, 2.75) is 0 Å². The summed E-state index contributed by atoms with van der Waals surface area (Å²) in [5.41, 5.74) is 2.14. The number of carbonyl (C=O) groups excluding carboxylic acids is 3. The highest BCUT2D eigenvalue weighted by Gasteiger charge is 2.43. The van der Waals surface area contributed by atoms with Gasteiger partial charge in [0.05, 0.1) is 25.6 Å². The molecule has 4 amide bonds. The van der Waals surface area contributed by atoms with Gasteiger partial charge in [0.15, 0.2) is 0 Å². The molecule has 0 aliphatic carbocycles. The minimum Gasteiger partial charge on any atom is -0.497 e. The van der Waals surface area contributed by atoms with Crippen molar-refractivity contribution < 1.29 is 23.9 Å². The van der Waals surface area contributed by atoms with Crippen LogP contribution >= 0.6 is 0 Å². The van der Waals surface area contributed by atoms with Gasteiger partial charge < -0.3 is 14.4 Å². The van der Waals surface area contributed by atoms with E-state index in [1.807, 2.05) is 43.3 Å². The molecular weight excluding hydrogens is 446 g/mol. The second-order valence-electron chi connectivity index (χ2n) is 8.00. The van der Waals surface area contributed by atoms with Crippen LogP contribution in [0.15, 0.2) is 78.4 Å². The summed E-state index contributed by atoms with van der Waals surface area (Å²) in [6, 6.07) is 19.6. The van der Waals surface area contributed by atoms with Crippen molar-refractivity contribution in [2.24, 2.45) is 0 Å². The Balaban J connectivity index is 1.81. The fourth-order valence-corrected chi connectivity index (χ4v) is 3.68. The summed E-state index contributed by atoms with van der Waals surface area (Å²) in [5.74, 6) is -0.255. The number of benzene rings is 3. The Kier molecular flexibility index (Phi) is 6.55. The second kappa shape index (κ2) is 9.72. The van der Waals surface area contributed by atoms with Gasteiger partial charge in [-0.2, -0.15) is 0 Å². The zero-order valence-electron chi connectivity index (χ0n) is 19.9. The Morgan fingerprint density at radius 3 is 1.46 bits per heavy atom. The summed E-state index contributed by atoms with van der Waals surface area (Å²) in [6.07, 6.45) is 1.50. The van der Waals surface area contributed by atoms with Crippen LogP contribution in [-0.4, -0.2) is 46.2 Å². The van der Waals surface area contributed by atoms with Crippen LogP contribution < -0.4 is 24.2 Å². The van der Waals surface area contributed by atoms with Crippen LogP contribution in [0.2, 0.25) is 0 Å². The molecule has 0 spiro atoms. The largest absolute Gasteiger partial charge is 0.497 e. The van der Waals surface area contributed by atoms with Crippen molar-refractivity contribution in [1.29, 1.82) is 0 Å². The Morgan fingerprint density at radius 1 is 0.657 bits per heavy atom. The SMILES string of the molecule is COc1ccc(N2C(=O)C(=Cc3ccc(N(C)C)cc3)C(=O)N(c3ccc(OC)cc3)C2=O)cc1. The molecule has 1 heterocycles. The zero-order chi connectivity index (χ0) is 25.1. The van der Waals surface area contributed by atoms with Crippen molar-refractivity contribution >= 4 is 41.0 Å². The quantitative estimate of drug-likeness (QED) is 0.393. The summed E-state index contributed by atoms with van der Waals surface area (Å²) in [5, 5.41) is 0. The zero-order valence-corrected chi connectivity index (χ0v) is 19.9. The first-order chi connectivity index (χ1) is 16.8. The highest BCUT2D eigenvalue weighted by Crippen LogP contribution is 2.31. The number of carbonyl (C=O) groups is 3. The molecule has 0 atom stereocenters. The number of barbiturate groups is 1. The molecule has 3 aromatic rings. The maximum atomic E-state index is 13.5. The van der Waals surface area contributed by atoms with E-state index in [1.54, 1.807) is 48.5 Å². The minimum absolute atomic E-state index is 0.131. The number of methoxy groups -OCH3 is 2. The molecule has 35 heavy (non-hydrogen) atoms. The number of rotatable bonds is 6. The van der Waals surface area contributed by atoms with Gasteiger partial charge in [0, 0.05) is 19.8 Å². The van der Waals surface area contributed by atoms with Gasteiger partial charge in [-0.05, 0) is 72.3 Å². The lowest BCUT2D eigenvalue weighted by Gasteiger charge is -2.34. The van der Waals surface area contributed by atoms with Crippen LogP contribution in [0.1, 0.15) is 5.56 Å². The van der Waals surface area contributed by atoms with Crippen LogP contribution in [0.25, 0.3) is 6.08 Å². The molecule has 4 rings (SSSR count). The van der Waals surface area contributed by atoms with Crippen molar-refractivity contribution in [3.8, 4) is 11.5 Å². The Hall–Kier alpha value is -4.59. The predicted octanol–water partition coefficient (Wildman–Crippen LogP) is 4.35. The molecule has 1 aliphatic heterocycles. The normalized spacial score (nSPS) is 13.7. The molecule has 0 saturated carbocycles. The molecule has 1 fully saturated rings. The standard InChI is InChI=1S/C27H25N3O5/c1-28(2)19-7-5-18(6-8-19)17-24-25(31)29(20-9-13-22(34-3)14-10-20)27(33)30(26(24)32)21-11-15-23(35-4)16-12-21/h5-17H,1-4H3. The van der Waals surface area contributed by atoms with E-state index >= 15 is 0 Å². The van der Waals surface area contributed by atoms with Gasteiger partial charge in [0.1, 0.15) is 17.1 Å². The molecule has 178 valence electrons. The van der Waals surface area contributed by atoms with E-state index < -0.39 is 17.8 Å². The summed E-state index contributed by atoms with van der Waals surface area (Å²) < 4.78 is 10.4. The number of anilines is 3. The molecule has 1 aliphatic rings. The third kappa shape index (κ3) is 4.59. The monoisotopic (exact) mass is 471 g/mol. The third-order valence-electron chi connectivity index (χ3n) is 5.63. The van der Waals surface area contributed by atoms with E-state index in [0.717, 1.165) is 15.5 Å². The smallest absolute Gasteiger partial charge is 0.343 e. The second-order valence-corrected chi connectivity index (χ2v) is 8.00. The summed E-state index contributed by atoms with van der Waals surface area (Å²) in [7, 11) is 6.90. The van der Waals surface area contributed by atoms with Gasteiger partial charge in [-0.25, -0.2) is 14.6 Å². The predicted molar refractivity (Wildman–Crippen MR) is 135 cm³/mol. The molecule has 8 nitrogen and oxygen atoms in total. The average Bonchev–Trinajstić information content (AvgIpc) is 2.87. The molecular formula is C27H25N3O5. The number of urea groups is 1. The average molecular weight is 472 g/mol. The van der Waals surface area contributed by atoms with Gasteiger partial charge >= 0.3 is 6.03 Å². The first-order valence-corrected chi connectivity index (χ1v) is 10.8. The molecule has 1 saturated heterocycles. The molecule has 3 aromatic carbocycles. The Bertz CT molecular complexity index is 1210.